The van der Waals surface area contributed by atoms with E-state index >= 15 is 0 Å². The topological polar surface area (TPSA) is 0 Å². The van der Waals surface area contributed by atoms with Crippen LogP contribution < -0.4 is 0 Å². The molecule has 0 saturated heterocycles. The molecule has 0 N–H and O–H groups in total. The molecule has 0 aromatic carbocycles. The van der Waals surface area contributed by atoms with Gasteiger partial charge in [-0.2, -0.15) is 11.1 Å². The zero-order chi connectivity index (χ0) is 9.72. The lowest BCUT2D eigenvalue weighted by molar-refractivity contribution is 0.0460. The van der Waals surface area contributed by atoms with Crippen molar-refractivity contribution in [1.82, 2.24) is 0 Å². The molecule has 5 heteroatoms. The van der Waals surface area contributed by atoms with E-state index in [4.69, 9.17) is 11.1 Å². The quantitative estimate of drug-likeness (QED) is 0.376. The fourth-order valence-corrected chi connectivity index (χ4v) is 2.46. The molecule has 0 aliphatic carbocycles. The summed E-state index contributed by atoms with van der Waals surface area (Å²) in [6.45, 7) is 5.20. The Hall–Kier alpha value is 0.0369. The summed E-state index contributed by atoms with van der Waals surface area (Å²) in [6.07, 6.45) is -3.70. The summed E-state index contributed by atoms with van der Waals surface area (Å²) in [6, 6.07) is 0. The molecule has 0 nitrogen and oxygen atoms in total. The third-order valence-corrected chi connectivity index (χ3v) is 4.36. The Labute approximate surface area is 76.7 Å². The highest BCUT2D eigenvalue weighted by Crippen LogP contribution is 2.25. The normalized spacial score (nSPS) is 18.8. The van der Waals surface area contributed by atoms with E-state index in [1.165, 1.54) is 6.08 Å². The zero-order valence-electron chi connectivity index (χ0n) is 6.81. The third-order valence-electron chi connectivity index (χ3n) is 1.66. The summed E-state index contributed by atoms with van der Waals surface area (Å²) >= 11 is 5.75. The molecule has 0 spiro atoms. The second kappa shape index (κ2) is 5.64. The first-order valence-corrected chi connectivity index (χ1v) is 7.24. The van der Waals surface area contributed by atoms with Crippen LogP contribution in [0.15, 0.2) is 12.7 Å². The maximum Gasteiger partial charge on any atom is 0.269 e. The van der Waals surface area contributed by atoms with Crippen LogP contribution in [0.1, 0.15) is 6.42 Å². The molecule has 0 aliphatic heterocycles. The molecule has 72 valence electrons. The van der Waals surface area contributed by atoms with Crippen molar-refractivity contribution in [3.05, 3.63) is 12.7 Å². The second-order valence-electron chi connectivity index (χ2n) is 2.66. The monoisotopic (exact) mass is 216 g/mol. The molecule has 0 bridgehead atoms. The Morgan fingerprint density at radius 2 is 2.00 bits per heavy atom. The van der Waals surface area contributed by atoms with Crippen molar-refractivity contribution in [3.8, 4) is 0 Å². The van der Waals surface area contributed by atoms with Gasteiger partial charge in [0.25, 0.3) is 6.43 Å². The van der Waals surface area contributed by atoms with Gasteiger partial charge < -0.3 is 0 Å². The number of rotatable bonds is 5. The van der Waals surface area contributed by atoms with Gasteiger partial charge in [0.15, 0.2) is 6.17 Å². The van der Waals surface area contributed by atoms with Crippen LogP contribution in [0.4, 0.5) is 13.2 Å². The largest absolute Gasteiger partial charge is 0.269 e. The fourth-order valence-electron chi connectivity index (χ4n) is 0.834. The number of hydrogen-bond acceptors (Lipinski definition) is 0. The van der Waals surface area contributed by atoms with Crippen molar-refractivity contribution in [1.29, 1.82) is 0 Å². The Bertz CT molecular complexity index is 141. The first kappa shape index (κ1) is 12.0. The molecule has 0 aromatic heterocycles. The highest BCUT2D eigenvalue weighted by atomic mass is 35.6. The molecule has 0 amide bonds. The first-order chi connectivity index (χ1) is 5.49. The van der Waals surface area contributed by atoms with Gasteiger partial charge in [-0.3, -0.25) is 0 Å². The number of allylic oxidation sites excluding steroid dienone is 1. The van der Waals surface area contributed by atoms with E-state index in [-0.39, 0.29) is 12.0 Å². The van der Waals surface area contributed by atoms with E-state index in [0.717, 1.165) is 0 Å². The van der Waals surface area contributed by atoms with Crippen LogP contribution in [0.5, 0.6) is 0 Å². The molecule has 0 aliphatic rings. The van der Waals surface area contributed by atoms with Crippen LogP contribution in [-0.2, 0) is 0 Å². The summed E-state index contributed by atoms with van der Waals surface area (Å²) < 4.78 is 36.0. The number of hydrogen-bond donors (Lipinski definition) is 0. The van der Waals surface area contributed by atoms with Gasteiger partial charge in [0.1, 0.15) is 8.11 Å². The molecule has 0 heterocycles. The predicted octanol–water partition coefficient (Wildman–Crippen LogP) is 3.13. The maximum atomic E-state index is 12.5. The Morgan fingerprint density at radius 3 is 2.25 bits per heavy atom. The van der Waals surface area contributed by atoms with Gasteiger partial charge in [-0.15, -0.1) is 6.58 Å². The number of halogens is 4. The summed E-state index contributed by atoms with van der Waals surface area (Å²) in [5, 5.41) is 0. The van der Waals surface area contributed by atoms with Gasteiger partial charge in [-0.05, 0) is 12.0 Å². The van der Waals surface area contributed by atoms with Crippen LogP contribution in [0.25, 0.3) is 0 Å². The molecular weight excluding hydrogens is 205 g/mol. The Kier molecular flexibility index (Phi) is 5.66. The van der Waals surface area contributed by atoms with Gasteiger partial charge >= 0.3 is 0 Å². The average molecular weight is 217 g/mol. The minimum absolute atomic E-state index is 0.196. The molecule has 12 heavy (non-hydrogen) atoms. The van der Waals surface area contributed by atoms with E-state index in [1.807, 2.05) is 0 Å². The van der Waals surface area contributed by atoms with Crippen LogP contribution in [0, 0.1) is 0 Å². The maximum absolute atomic E-state index is 12.5. The summed E-state index contributed by atoms with van der Waals surface area (Å²) in [4.78, 5) is 0. The molecule has 3 unspecified atom stereocenters. The first-order valence-electron chi connectivity index (χ1n) is 3.67. The van der Waals surface area contributed by atoms with Crippen molar-refractivity contribution in [2.45, 2.75) is 31.1 Å². The second-order valence-corrected chi connectivity index (χ2v) is 6.94. The lowest BCUT2D eigenvalue weighted by Crippen LogP contribution is -2.18. The molecular formula is C7H12ClF3Si. The molecule has 0 radical (unpaired) electrons. The molecule has 3 atom stereocenters. The van der Waals surface area contributed by atoms with Gasteiger partial charge in [0, 0.05) is 0 Å². The van der Waals surface area contributed by atoms with E-state index in [0.29, 0.717) is 0 Å². The van der Waals surface area contributed by atoms with Gasteiger partial charge in [0.05, 0.1) is 0 Å². The van der Waals surface area contributed by atoms with Crippen LogP contribution >= 0.6 is 11.1 Å². The van der Waals surface area contributed by atoms with Crippen LogP contribution in [0.2, 0.25) is 12.1 Å². The molecule has 0 aromatic rings. The minimum Gasteiger partial charge on any atom is -0.241 e. The Balaban J connectivity index is 3.93. The summed E-state index contributed by atoms with van der Waals surface area (Å²) in [7, 11) is -1.60. The van der Waals surface area contributed by atoms with Crippen molar-refractivity contribution >= 4 is 19.2 Å². The van der Waals surface area contributed by atoms with Gasteiger partial charge in [-0.25, -0.2) is 13.2 Å². The molecule has 0 rings (SSSR count). The standard InChI is InChI=1S/C7H12ClF3Si/c1-3-5(12(2)8)4-6(9)7(10)11/h3,5-7,12H,1,4H2,2H3. The highest BCUT2D eigenvalue weighted by molar-refractivity contribution is 7.07. The summed E-state index contributed by atoms with van der Waals surface area (Å²) in [5.74, 6) is 0. The lowest BCUT2D eigenvalue weighted by atomic mass is 10.2. The highest BCUT2D eigenvalue weighted by Gasteiger charge is 2.25. The lowest BCUT2D eigenvalue weighted by Gasteiger charge is -2.15. The van der Waals surface area contributed by atoms with E-state index in [9.17, 15) is 13.2 Å². The Morgan fingerprint density at radius 1 is 1.50 bits per heavy atom. The predicted molar refractivity (Wildman–Crippen MR) is 48.3 cm³/mol. The SMILES string of the molecule is C=CC(CC(F)C(F)F)[SiH](C)Cl. The van der Waals surface area contributed by atoms with Gasteiger partial charge in [0.2, 0.25) is 0 Å². The fraction of sp³-hybridized carbons (Fsp3) is 0.714. The molecule has 0 saturated carbocycles. The molecule has 0 fully saturated rings. The van der Waals surface area contributed by atoms with Crippen molar-refractivity contribution in [2.75, 3.05) is 0 Å². The van der Waals surface area contributed by atoms with Crippen molar-refractivity contribution in [2.24, 2.45) is 0 Å². The average Bonchev–Trinajstić information content (AvgIpc) is 1.98. The van der Waals surface area contributed by atoms with Crippen molar-refractivity contribution in [3.63, 3.8) is 0 Å². The summed E-state index contributed by atoms with van der Waals surface area (Å²) in [5.41, 5.74) is -0.254. The van der Waals surface area contributed by atoms with E-state index in [1.54, 1.807) is 6.55 Å². The van der Waals surface area contributed by atoms with Crippen molar-refractivity contribution < 1.29 is 13.2 Å². The minimum atomic E-state index is -2.91. The van der Waals surface area contributed by atoms with Crippen LogP contribution in [-0.4, -0.2) is 20.7 Å². The van der Waals surface area contributed by atoms with E-state index in [2.05, 4.69) is 6.58 Å². The van der Waals surface area contributed by atoms with Gasteiger partial charge in [-0.1, -0.05) is 12.6 Å². The van der Waals surface area contributed by atoms with E-state index < -0.39 is 20.7 Å². The smallest absolute Gasteiger partial charge is 0.241 e. The van der Waals surface area contributed by atoms with Crippen LogP contribution in [0.3, 0.4) is 0 Å². The zero-order valence-corrected chi connectivity index (χ0v) is 8.72. The third kappa shape index (κ3) is 4.16. The number of alkyl halides is 3.